The van der Waals surface area contributed by atoms with E-state index in [9.17, 15) is 19.2 Å². The Bertz CT molecular complexity index is 2280. The molecule has 56 heavy (non-hydrogen) atoms. The van der Waals surface area contributed by atoms with E-state index in [4.69, 9.17) is 9.72 Å². The summed E-state index contributed by atoms with van der Waals surface area (Å²) < 4.78 is 9.34. The Hall–Kier alpha value is -6.44. The fourth-order valence-electron chi connectivity index (χ4n) is 7.56. The maximum atomic E-state index is 13.6. The highest BCUT2D eigenvalue weighted by Crippen LogP contribution is 2.36. The molecule has 4 amide bonds. The van der Waals surface area contributed by atoms with Gasteiger partial charge in [-0.3, -0.25) is 9.59 Å². The molecular weight excluding hydrogens is 713 g/mol. The van der Waals surface area contributed by atoms with Crippen LogP contribution in [0.5, 0.6) is 0 Å². The molecule has 290 valence electrons. The van der Waals surface area contributed by atoms with Crippen molar-refractivity contribution in [1.82, 2.24) is 40.4 Å². The Labute approximate surface area is 324 Å². The molecule has 0 bridgehead atoms. The predicted octanol–water partition coefficient (Wildman–Crippen LogP) is 6.52. The van der Waals surface area contributed by atoms with Crippen LogP contribution in [0, 0.1) is 5.92 Å². The standard InChI is InChI=1S/C42H46N8O6/c1-24(2)37(48-42(54)56-5)40(52)49-16-6-7-34(49)38-43-21-33(47-38)31-15-14-29-18-28(12-13-30(29)19-31)26-8-10-27(11-9-26)32-20-44-39(46-32)35-17-25(3)23-50(35)36(51)22-45-41(53)55-4/h8-15,18-21,24,34-35,37H,3,6-7,16-17,22-23H2,1-2,4-5H3,(H,43,47)(H,44,46)(H,45,53)(H,48,54)/t34-,35-,37-/m0/s1. The number of rotatable bonds is 10. The minimum Gasteiger partial charge on any atom is -0.453 e. The summed E-state index contributed by atoms with van der Waals surface area (Å²) in [5, 5.41) is 7.33. The van der Waals surface area contributed by atoms with Crippen LogP contribution in [-0.4, -0.2) is 93.6 Å². The van der Waals surface area contributed by atoms with E-state index in [0.29, 0.717) is 25.3 Å². The number of nitrogens with one attached hydrogen (secondary N) is 4. The van der Waals surface area contributed by atoms with Crippen LogP contribution in [0.25, 0.3) is 44.4 Å². The Kier molecular flexibility index (Phi) is 10.9. The van der Waals surface area contributed by atoms with Gasteiger partial charge in [0.15, 0.2) is 0 Å². The van der Waals surface area contributed by atoms with Gasteiger partial charge in [-0.25, -0.2) is 19.6 Å². The number of carbonyl (C=O) groups excluding carboxylic acids is 4. The Morgan fingerprint density at radius 1 is 0.804 bits per heavy atom. The molecule has 2 fully saturated rings. The quantitative estimate of drug-likeness (QED) is 0.117. The van der Waals surface area contributed by atoms with E-state index in [2.05, 4.69) is 85.4 Å². The molecular formula is C42H46N8O6. The number of likely N-dealkylation sites (tertiary alicyclic amines) is 2. The first-order valence-corrected chi connectivity index (χ1v) is 18.7. The third-order valence-corrected chi connectivity index (χ3v) is 10.6. The lowest BCUT2D eigenvalue weighted by atomic mass is 9.98. The lowest BCUT2D eigenvalue weighted by Gasteiger charge is -2.30. The molecule has 14 heteroatoms. The third kappa shape index (κ3) is 7.86. The third-order valence-electron chi connectivity index (χ3n) is 10.6. The fraction of sp³-hybridized carbons (Fsp3) is 0.333. The number of ether oxygens (including phenoxy) is 2. The molecule has 4 N–H and O–H groups in total. The van der Waals surface area contributed by atoms with E-state index in [1.165, 1.54) is 14.2 Å². The van der Waals surface area contributed by atoms with E-state index in [-0.39, 0.29) is 36.4 Å². The summed E-state index contributed by atoms with van der Waals surface area (Å²) in [5.74, 6) is 0.902. The number of imidazole rings is 2. The van der Waals surface area contributed by atoms with E-state index in [1.807, 2.05) is 37.1 Å². The molecule has 3 atom stereocenters. The zero-order valence-corrected chi connectivity index (χ0v) is 31.9. The summed E-state index contributed by atoms with van der Waals surface area (Å²) in [6.45, 7) is 8.70. The minimum absolute atomic E-state index is 0.106. The van der Waals surface area contributed by atoms with Gasteiger partial charge in [-0.2, -0.15) is 0 Å². The summed E-state index contributed by atoms with van der Waals surface area (Å²) in [4.78, 5) is 69.6. The van der Waals surface area contributed by atoms with E-state index in [0.717, 1.165) is 68.7 Å². The molecule has 5 aromatic rings. The molecule has 2 saturated heterocycles. The maximum Gasteiger partial charge on any atom is 0.407 e. The number of carbonyl (C=O) groups is 4. The first-order chi connectivity index (χ1) is 27.0. The smallest absolute Gasteiger partial charge is 0.407 e. The zero-order valence-electron chi connectivity index (χ0n) is 31.9. The number of methoxy groups -OCH3 is 2. The second kappa shape index (κ2) is 16.1. The van der Waals surface area contributed by atoms with Crippen molar-refractivity contribution in [3.8, 4) is 33.6 Å². The molecule has 14 nitrogen and oxygen atoms in total. The van der Waals surface area contributed by atoms with Crippen molar-refractivity contribution >= 4 is 34.8 Å². The number of alkyl carbamates (subject to hydrolysis) is 2. The van der Waals surface area contributed by atoms with Gasteiger partial charge < -0.3 is 39.9 Å². The van der Waals surface area contributed by atoms with Crippen LogP contribution < -0.4 is 10.6 Å². The van der Waals surface area contributed by atoms with Crippen LogP contribution in [0.1, 0.15) is 56.8 Å². The highest BCUT2D eigenvalue weighted by Gasteiger charge is 2.38. The van der Waals surface area contributed by atoms with Crippen molar-refractivity contribution < 1.29 is 28.7 Å². The maximum absolute atomic E-state index is 13.6. The fourth-order valence-corrected chi connectivity index (χ4v) is 7.56. The largest absolute Gasteiger partial charge is 0.453 e. The normalized spacial score (nSPS) is 17.3. The van der Waals surface area contributed by atoms with Crippen LogP contribution in [0.3, 0.4) is 0 Å². The van der Waals surface area contributed by atoms with Crippen LogP contribution in [0.2, 0.25) is 0 Å². The van der Waals surface area contributed by atoms with Crippen molar-refractivity contribution in [1.29, 1.82) is 0 Å². The molecule has 0 aliphatic carbocycles. The van der Waals surface area contributed by atoms with Gasteiger partial charge in [-0.1, -0.05) is 74.5 Å². The summed E-state index contributed by atoms with van der Waals surface area (Å²) in [7, 11) is 2.54. The minimum atomic E-state index is -0.690. The van der Waals surface area contributed by atoms with Gasteiger partial charge in [-0.15, -0.1) is 0 Å². The van der Waals surface area contributed by atoms with Crippen molar-refractivity contribution in [3.63, 3.8) is 0 Å². The van der Waals surface area contributed by atoms with Gasteiger partial charge >= 0.3 is 12.2 Å². The van der Waals surface area contributed by atoms with Crippen LogP contribution >= 0.6 is 0 Å². The number of aromatic nitrogens is 4. The number of amides is 4. The number of benzene rings is 3. The SMILES string of the molecule is C=C1C[C@@H](c2ncc(-c3ccc(-c4ccc5cc(-c6cnc([C@@H]7CCCN7C(=O)[C@@H](NC(=O)OC)C(C)C)[nH]6)ccc5c4)cc3)[nH]2)N(C(=O)CNC(=O)OC)C1. The second-order valence-corrected chi connectivity index (χ2v) is 14.6. The van der Waals surface area contributed by atoms with E-state index in [1.54, 1.807) is 11.1 Å². The molecule has 2 aromatic heterocycles. The molecule has 0 spiro atoms. The van der Waals surface area contributed by atoms with Gasteiger partial charge in [-0.05, 0) is 64.8 Å². The highest BCUT2D eigenvalue weighted by atomic mass is 16.5. The molecule has 2 aliphatic heterocycles. The molecule has 3 aromatic carbocycles. The number of fused-ring (bicyclic) bond motifs is 1. The molecule has 0 radical (unpaired) electrons. The first kappa shape index (κ1) is 37.9. The lowest BCUT2D eigenvalue weighted by Crippen LogP contribution is -2.51. The van der Waals surface area contributed by atoms with Crippen LogP contribution in [0.15, 0.2) is 85.2 Å². The number of nitrogens with zero attached hydrogens (tertiary/aromatic N) is 4. The molecule has 4 heterocycles. The van der Waals surface area contributed by atoms with Crippen molar-refractivity contribution in [3.05, 3.63) is 96.9 Å². The molecule has 0 saturated carbocycles. The Morgan fingerprint density at radius 2 is 1.39 bits per heavy atom. The van der Waals surface area contributed by atoms with Crippen LogP contribution in [0.4, 0.5) is 9.59 Å². The summed E-state index contributed by atoms with van der Waals surface area (Å²) >= 11 is 0. The zero-order chi connectivity index (χ0) is 39.5. The molecule has 7 rings (SSSR count). The first-order valence-electron chi connectivity index (χ1n) is 18.7. The number of H-pyrrole nitrogens is 2. The summed E-state index contributed by atoms with van der Waals surface area (Å²) in [5.41, 5.74) is 6.71. The lowest BCUT2D eigenvalue weighted by molar-refractivity contribution is -0.135. The van der Waals surface area contributed by atoms with Crippen molar-refractivity contribution in [2.45, 2.75) is 51.2 Å². The average molecular weight is 759 g/mol. The van der Waals surface area contributed by atoms with Gasteiger partial charge in [0.25, 0.3) is 0 Å². The topological polar surface area (TPSA) is 175 Å². The number of hydrogen-bond acceptors (Lipinski definition) is 8. The van der Waals surface area contributed by atoms with Crippen molar-refractivity contribution in [2.75, 3.05) is 33.9 Å². The molecule has 2 aliphatic rings. The monoisotopic (exact) mass is 758 g/mol. The molecule has 0 unspecified atom stereocenters. The van der Waals surface area contributed by atoms with Crippen LogP contribution in [-0.2, 0) is 19.1 Å². The van der Waals surface area contributed by atoms with Crippen molar-refractivity contribution in [2.24, 2.45) is 5.92 Å². The van der Waals surface area contributed by atoms with E-state index < -0.39 is 18.2 Å². The highest BCUT2D eigenvalue weighted by molar-refractivity contribution is 5.91. The summed E-state index contributed by atoms with van der Waals surface area (Å²) in [6, 6.07) is 19.7. The van der Waals surface area contributed by atoms with Gasteiger partial charge in [0.2, 0.25) is 11.8 Å². The van der Waals surface area contributed by atoms with Gasteiger partial charge in [0.1, 0.15) is 24.2 Å². The second-order valence-electron chi connectivity index (χ2n) is 14.6. The number of aromatic amines is 2. The predicted molar refractivity (Wildman–Crippen MR) is 211 cm³/mol. The van der Waals surface area contributed by atoms with E-state index >= 15 is 0 Å². The average Bonchev–Trinajstić information content (AvgIpc) is 4.05. The van der Waals surface area contributed by atoms with Gasteiger partial charge in [0, 0.05) is 18.7 Å². The Morgan fingerprint density at radius 3 is 2.05 bits per heavy atom. The summed E-state index contributed by atoms with van der Waals surface area (Å²) in [6.07, 6.45) is 4.51. The Balaban J connectivity index is 1.03. The van der Waals surface area contributed by atoms with Gasteiger partial charge in [0.05, 0.1) is 50.1 Å². The number of hydrogen-bond donors (Lipinski definition) is 4.